The van der Waals surface area contributed by atoms with E-state index in [1.807, 2.05) is 82.6 Å². The topological polar surface area (TPSA) is 211 Å². The lowest BCUT2D eigenvalue weighted by atomic mass is 10.0. The van der Waals surface area contributed by atoms with Crippen molar-refractivity contribution in [2.45, 2.75) is 12.8 Å². The summed E-state index contributed by atoms with van der Waals surface area (Å²) in [6.45, 7) is 8.42. The molecule has 2 aliphatic rings. The van der Waals surface area contributed by atoms with Crippen LogP contribution in [0.1, 0.15) is 33.6 Å². The van der Waals surface area contributed by atoms with Crippen molar-refractivity contribution in [2.75, 3.05) is 121 Å². The molecule has 2 N–H and O–H groups in total. The monoisotopic (exact) mass is 958 g/mol. The molecule has 18 nitrogen and oxygen atoms in total. The number of benzene rings is 4. The number of carbonyl (C=O) groups is 2. The summed E-state index contributed by atoms with van der Waals surface area (Å²) >= 11 is 0. The molecule has 0 bridgehead atoms. The minimum absolute atomic E-state index is 0.0615. The van der Waals surface area contributed by atoms with Gasteiger partial charge in [-0.2, -0.15) is 16.8 Å². The van der Waals surface area contributed by atoms with Crippen molar-refractivity contribution in [2.24, 2.45) is 0 Å². The summed E-state index contributed by atoms with van der Waals surface area (Å²) in [5.74, 6) is 3.55. The van der Waals surface area contributed by atoms with Gasteiger partial charge in [0.2, 0.25) is 11.5 Å². The van der Waals surface area contributed by atoms with E-state index in [2.05, 4.69) is 9.80 Å². The highest BCUT2D eigenvalue weighted by molar-refractivity contribution is 7.85. The molecule has 2 heterocycles. The van der Waals surface area contributed by atoms with Gasteiger partial charge < -0.3 is 38.2 Å². The standard InChI is InChI=1S/C44H54N4O8.2CH4O3S/c1-51-37-27-35(28-38(52-2)41(37)55-5)31-9-13-33(14-10-31)43(49)47-23-19-45(20-24-47)17-7-8-18-46-21-25-48(26-22-46)44(50)34-15-11-32(12-16-34)36-29-39(53-3)42(56-6)40(30-36)54-4;2*1-5(2,3)4/h9-16,27-30H,7-8,17-26H2,1-6H3;2*1H3,(H,2,3,4). The number of ether oxygens (including phenoxy) is 6. The summed E-state index contributed by atoms with van der Waals surface area (Å²) < 4.78 is 84.7. The summed E-state index contributed by atoms with van der Waals surface area (Å²) in [5, 5.41) is 0. The fourth-order valence-corrected chi connectivity index (χ4v) is 7.49. The van der Waals surface area contributed by atoms with Gasteiger partial charge >= 0.3 is 0 Å². The van der Waals surface area contributed by atoms with Crippen LogP contribution in [-0.4, -0.2) is 178 Å². The molecular formula is C46H62N4O14S2. The zero-order valence-corrected chi connectivity index (χ0v) is 40.4. The summed E-state index contributed by atoms with van der Waals surface area (Å²) in [4.78, 5) is 35.5. The molecule has 0 unspecified atom stereocenters. The summed E-state index contributed by atoms with van der Waals surface area (Å²) in [5.41, 5.74) is 5.11. The molecule has 4 aromatic rings. The van der Waals surface area contributed by atoms with Crippen LogP contribution in [0.2, 0.25) is 0 Å². The molecule has 6 rings (SSSR count). The van der Waals surface area contributed by atoms with Gasteiger partial charge in [0.25, 0.3) is 32.1 Å². The lowest BCUT2D eigenvalue weighted by Crippen LogP contribution is -2.49. The van der Waals surface area contributed by atoms with Crippen molar-refractivity contribution in [3.8, 4) is 56.8 Å². The van der Waals surface area contributed by atoms with E-state index < -0.39 is 20.2 Å². The minimum atomic E-state index is -3.67. The third kappa shape index (κ3) is 16.1. The van der Waals surface area contributed by atoms with Gasteiger partial charge in [-0.3, -0.25) is 28.5 Å². The van der Waals surface area contributed by atoms with Crippen LogP contribution in [0.4, 0.5) is 0 Å². The SMILES string of the molecule is COc1cc(-c2ccc(C(=O)N3CCN(CCCCN4CCN(C(=O)c5ccc(-c6cc(OC)c(OC)c(OC)c6)cc5)CC4)CC3)cc2)cc(OC)c1OC.CS(=O)(=O)O.CS(=O)(=O)O. The first-order valence-electron chi connectivity index (χ1n) is 21.0. The van der Waals surface area contributed by atoms with Crippen molar-refractivity contribution in [3.63, 3.8) is 0 Å². The Morgan fingerprint density at radius 1 is 0.455 bits per heavy atom. The molecule has 20 heteroatoms. The van der Waals surface area contributed by atoms with Crippen LogP contribution in [0, 0.1) is 0 Å². The first-order valence-corrected chi connectivity index (χ1v) is 24.7. The number of unbranched alkanes of at least 4 members (excludes halogenated alkanes) is 1. The minimum Gasteiger partial charge on any atom is -0.493 e. The first-order chi connectivity index (χ1) is 31.3. The zero-order valence-electron chi connectivity index (χ0n) is 38.8. The van der Waals surface area contributed by atoms with Crippen molar-refractivity contribution in [1.29, 1.82) is 0 Å². The molecule has 2 aliphatic heterocycles. The predicted molar refractivity (Wildman–Crippen MR) is 252 cm³/mol. The summed E-state index contributed by atoms with van der Waals surface area (Å²) in [6.07, 6.45) is 3.64. The van der Waals surface area contributed by atoms with Crippen LogP contribution in [0.5, 0.6) is 34.5 Å². The molecule has 0 aliphatic carbocycles. The maximum atomic E-state index is 13.4. The average Bonchev–Trinajstić information content (AvgIpc) is 3.30. The molecule has 0 spiro atoms. The highest BCUT2D eigenvalue weighted by atomic mass is 32.2. The number of nitrogens with zero attached hydrogens (tertiary/aromatic N) is 4. The molecule has 2 fully saturated rings. The number of carbonyl (C=O) groups excluding carboxylic acids is 2. The quantitative estimate of drug-likeness (QED) is 0.118. The Labute approximate surface area is 388 Å². The van der Waals surface area contributed by atoms with Crippen LogP contribution in [0.3, 0.4) is 0 Å². The third-order valence-electron chi connectivity index (χ3n) is 10.8. The predicted octanol–water partition coefficient (Wildman–Crippen LogP) is 5.08. The Morgan fingerprint density at radius 3 is 0.939 bits per heavy atom. The lowest BCUT2D eigenvalue weighted by molar-refractivity contribution is 0.0611. The van der Waals surface area contributed by atoms with Crippen LogP contribution >= 0.6 is 0 Å². The highest BCUT2D eigenvalue weighted by Gasteiger charge is 2.25. The number of hydrogen-bond donors (Lipinski definition) is 2. The fourth-order valence-electron chi connectivity index (χ4n) is 7.49. The normalized spacial score (nSPS) is 14.5. The Morgan fingerprint density at radius 2 is 0.712 bits per heavy atom. The molecule has 362 valence electrons. The second-order valence-electron chi connectivity index (χ2n) is 15.4. The van der Waals surface area contributed by atoms with Crippen molar-refractivity contribution in [1.82, 2.24) is 19.6 Å². The van der Waals surface area contributed by atoms with Crippen LogP contribution in [-0.2, 0) is 20.2 Å². The van der Waals surface area contributed by atoms with Crippen LogP contribution in [0.25, 0.3) is 22.3 Å². The second kappa shape index (κ2) is 24.8. The third-order valence-corrected chi connectivity index (χ3v) is 10.8. The van der Waals surface area contributed by atoms with Crippen molar-refractivity contribution < 1.29 is 64.0 Å². The number of hydrogen-bond acceptors (Lipinski definition) is 14. The molecule has 4 aromatic carbocycles. The van der Waals surface area contributed by atoms with E-state index in [4.69, 9.17) is 37.5 Å². The Hall–Kier alpha value is -5.64. The second-order valence-corrected chi connectivity index (χ2v) is 18.4. The van der Waals surface area contributed by atoms with Crippen molar-refractivity contribution in [3.05, 3.63) is 83.9 Å². The van der Waals surface area contributed by atoms with E-state index in [-0.39, 0.29) is 11.8 Å². The number of piperazine rings is 2. The molecule has 0 atom stereocenters. The van der Waals surface area contributed by atoms with E-state index in [0.717, 1.165) is 101 Å². The van der Waals surface area contributed by atoms with Gasteiger partial charge in [0.15, 0.2) is 23.0 Å². The van der Waals surface area contributed by atoms with E-state index in [1.54, 1.807) is 42.7 Å². The Bertz CT molecular complexity index is 2200. The highest BCUT2D eigenvalue weighted by Crippen LogP contribution is 2.42. The van der Waals surface area contributed by atoms with E-state index in [1.165, 1.54) is 0 Å². The van der Waals surface area contributed by atoms with E-state index in [0.29, 0.717) is 58.1 Å². The average molecular weight is 959 g/mol. The number of amides is 2. The first kappa shape index (κ1) is 53.0. The molecule has 0 saturated carbocycles. The van der Waals surface area contributed by atoms with Gasteiger partial charge in [0.05, 0.1) is 55.2 Å². The van der Waals surface area contributed by atoms with E-state index >= 15 is 0 Å². The Balaban J connectivity index is 0.000000860. The van der Waals surface area contributed by atoms with Gasteiger partial charge in [-0.05, 0) is 96.7 Å². The van der Waals surface area contributed by atoms with Gasteiger partial charge in [0.1, 0.15) is 0 Å². The Kier molecular flexibility index (Phi) is 19.9. The number of rotatable bonds is 15. The van der Waals surface area contributed by atoms with Gasteiger partial charge in [-0.15, -0.1) is 0 Å². The maximum Gasteiger partial charge on any atom is 0.261 e. The van der Waals surface area contributed by atoms with Gasteiger partial charge in [-0.1, -0.05) is 24.3 Å². The molecule has 0 aromatic heterocycles. The van der Waals surface area contributed by atoms with Gasteiger partial charge in [0, 0.05) is 63.5 Å². The van der Waals surface area contributed by atoms with Crippen molar-refractivity contribution >= 4 is 32.1 Å². The van der Waals surface area contributed by atoms with Gasteiger partial charge in [-0.25, -0.2) is 0 Å². The van der Waals surface area contributed by atoms with E-state index in [9.17, 15) is 26.4 Å². The van der Waals surface area contributed by atoms with Crippen LogP contribution < -0.4 is 28.4 Å². The lowest BCUT2D eigenvalue weighted by Gasteiger charge is -2.36. The fraction of sp³-hybridized carbons (Fsp3) is 0.435. The maximum absolute atomic E-state index is 13.4. The molecule has 2 saturated heterocycles. The molecule has 0 radical (unpaired) electrons. The molecular weight excluding hydrogens is 897 g/mol. The largest absolute Gasteiger partial charge is 0.493 e. The smallest absolute Gasteiger partial charge is 0.261 e. The molecule has 66 heavy (non-hydrogen) atoms. The molecule has 2 amide bonds. The number of methoxy groups -OCH3 is 6. The summed E-state index contributed by atoms with van der Waals surface area (Å²) in [6, 6.07) is 23.0. The summed E-state index contributed by atoms with van der Waals surface area (Å²) in [7, 11) is 2.23. The van der Waals surface area contributed by atoms with Crippen LogP contribution in [0.15, 0.2) is 72.8 Å². The zero-order chi connectivity index (χ0) is 48.6.